The molecule has 6 heteroatoms. The zero-order valence-corrected chi connectivity index (χ0v) is 12.9. The van der Waals surface area contributed by atoms with Crippen LogP contribution in [-0.4, -0.2) is 37.2 Å². The molecule has 1 fully saturated rings. The van der Waals surface area contributed by atoms with Crippen molar-refractivity contribution in [3.05, 3.63) is 28.3 Å². The van der Waals surface area contributed by atoms with E-state index in [1.54, 1.807) is 6.07 Å². The summed E-state index contributed by atoms with van der Waals surface area (Å²) in [5.41, 5.74) is 1.10. The molecule has 0 unspecified atom stereocenters. The van der Waals surface area contributed by atoms with Crippen molar-refractivity contribution in [2.24, 2.45) is 0 Å². The molecule has 2 rings (SSSR count). The number of non-ortho nitro benzene ring substituents is 1. The van der Waals surface area contributed by atoms with Crippen LogP contribution in [0.4, 0.5) is 11.4 Å². The molecule has 0 atom stereocenters. The first-order valence-electron chi connectivity index (χ1n) is 7.33. The molecule has 0 radical (unpaired) electrons. The van der Waals surface area contributed by atoms with Gasteiger partial charge in [0.05, 0.1) is 17.6 Å². The zero-order chi connectivity index (χ0) is 15.5. The highest BCUT2D eigenvalue weighted by atomic mass is 16.6. The molecule has 1 saturated heterocycles. The van der Waals surface area contributed by atoms with Gasteiger partial charge in [0.2, 0.25) is 0 Å². The molecule has 6 nitrogen and oxygen atoms in total. The van der Waals surface area contributed by atoms with Gasteiger partial charge in [-0.2, -0.15) is 0 Å². The molecule has 1 aromatic carbocycles. The number of nitro benzene ring substituents is 1. The Morgan fingerprint density at radius 1 is 1.38 bits per heavy atom. The van der Waals surface area contributed by atoms with E-state index < -0.39 is 0 Å². The van der Waals surface area contributed by atoms with E-state index in [0.717, 1.165) is 31.6 Å². The Morgan fingerprint density at radius 3 is 2.57 bits per heavy atom. The first kappa shape index (κ1) is 15.6. The van der Waals surface area contributed by atoms with Crippen LogP contribution in [0.25, 0.3) is 0 Å². The molecule has 0 saturated carbocycles. The number of rotatable bonds is 5. The average Bonchev–Trinajstić information content (AvgIpc) is 2.48. The van der Waals surface area contributed by atoms with Crippen molar-refractivity contribution in [1.29, 1.82) is 0 Å². The van der Waals surface area contributed by atoms with E-state index in [0.29, 0.717) is 12.4 Å². The van der Waals surface area contributed by atoms with Crippen LogP contribution in [0.2, 0.25) is 0 Å². The van der Waals surface area contributed by atoms with Gasteiger partial charge in [-0.25, -0.2) is 0 Å². The number of nitrogens with one attached hydrogen (secondary N) is 1. The van der Waals surface area contributed by atoms with Crippen LogP contribution in [0.15, 0.2) is 18.2 Å². The fourth-order valence-corrected chi connectivity index (χ4v) is 2.61. The lowest BCUT2D eigenvalue weighted by molar-refractivity contribution is -0.384. The number of ether oxygens (including phenoxy) is 1. The highest BCUT2D eigenvalue weighted by Gasteiger charge is 2.29. The van der Waals surface area contributed by atoms with Gasteiger partial charge in [0.1, 0.15) is 5.75 Å². The van der Waals surface area contributed by atoms with Crippen molar-refractivity contribution < 1.29 is 9.66 Å². The van der Waals surface area contributed by atoms with Crippen LogP contribution in [0.5, 0.6) is 5.75 Å². The summed E-state index contributed by atoms with van der Waals surface area (Å²) >= 11 is 0. The molecule has 0 bridgehead atoms. The maximum atomic E-state index is 11.1. The monoisotopic (exact) mass is 293 g/mol. The van der Waals surface area contributed by atoms with Gasteiger partial charge in [0.25, 0.3) is 5.69 Å². The normalized spacial score (nSPS) is 17.6. The summed E-state index contributed by atoms with van der Waals surface area (Å²) in [5, 5.41) is 14.4. The fourth-order valence-electron chi connectivity index (χ4n) is 2.61. The van der Waals surface area contributed by atoms with Gasteiger partial charge < -0.3 is 15.0 Å². The van der Waals surface area contributed by atoms with E-state index in [1.165, 1.54) is 6.07 Å². The van der Waals surface area contributed by atoms with Crippen molar-refractivity contribution in [3.63, 3.8) is 0 Å². The van der Waals surface area contributed by atoms with Gasteiger partial charge in [-0.1, -0.05) is 0 Å². The third-order valence-corrected chi connectivity index (χ3v) is 4.23. The molecule has 1 N–H and O–H groups in total. The van der Waals surface area contributed by atoms with Gasteiger partial charge in [0, 0.05) is 36.4 Å². The number of benzene rings is 1. The predicted octanol–water partition coefficient (Wildman–Crippen LogP) is 2.57. The number of nitro groups is 1. The van der Waals surface area contributed by atoms with Gasteiger partial charge in [0.15, 0.2) is 0 Å². The smallest absolute Gasteiger partial charge is 0.275 e. The van der Waals surface area contributed by atoms with E-state index in [-0.39, 0.29) is 16.1 Å². The SMILES string of the molecule is CCOc1cc(N2CCC(C)(NC)CC2)cc([N+](=O)[O-])c1. The number of piperidine rings is 1. The molecule has 116 valence electrons. The highest BCUT2D eigenvalue weighted by molar-refractivity contribution is 5.58. The van der Waals surface area contributed by atoms with Crippen molar-refractivity contribution in [1.82, 2.24) is 5.32 Å². The maximum Gasteiger partial charge on any atom is 0.275 e. The molecule has 0 aliphatic carbocycles. The Bertz CT molecular complexity index is 511. The maximum absolute atomic E-state index is 11.1. The summed E-state index contributed by atoms with van der Waals surface area (Å²) < 4.78 is 5.45. The Morgan fingerprint density at radius 2 is 2.05 bits per heavy atom. The largest absolute Gasteiger partial charge is 0.494 e. The van der Waals surface area contributed by atoms with E-state index in [9.17, 15) is 10.1 Å². The minimum Gasteiger partial charge on any atom is -0.494 e. The van der Waals surface area contributed by atoms with Crippen molar-refractivity contribution in [2.45, 2.75) is 32.2 Å². The molecule has 0 spiro atoms. The molecule has 1 aromatic rings. The second-order valence-corrected chi connectivity index (χ2v) is 5.67. The lowest BCUT2D eigenvalue weighted by atomic mass is 9.89. The van der Waals surface area contributed by atoms with Crippen LogP contribution in [-0.2, 0) is 0 Å². The summed E-state index contributed by atoms with van der Waals surface area (Å²) in [7, 11) is 1.98. The average molecular weight is 293 g/mol. The van der Waals surface area contributed by atoms with E-state index in [2.05, 4.69) is 17.1 Å². The van der Waals surface area contributed by atoms with Gasteiger partial charge >= 0.3 is 0 Å². The second-order valence-electron chi connectivity index (χ2n) is 5.67. The second kappa shape index (κ2) is 6.30. The minimum absolute atomic E-state index is 0.0814. The fraction of sp³-hybridized carbons (Fsp3) is 0.600. The Hall–Kier alpha value is -1.82. The number of hydrogen-bond donors (Lipinski definition) is 1. The third-order valence-electron chi connectivity index (χ3n) is 4.23. The topological polar surface area (TPSA) is 67.6 Å². The van der Waals surface area contributed by atoms with Crippen LogP contribution in [0.3, 0.4) is 0 Å². The molecule has 1 aliphatic heterocycles. The highest BCUT2D eigenvalue weighted by Crippen LogP contribution is 2.32. The summed E-state index contributed by atoms with van der Waals surface area (Å²) in [4.78, 5) is 12.9. The van der Waals surface area contributed by atoms with Crippen LogP contribution in [0, 0.1) is 10.1 Å². The van der Waals surface area contributed by atoms with Gasteiger partial charge in [-0.05, 0) is 33.7 Å². The number of nitrogens with zero attached hydrogens (tertiary/aromatic N) is 2. The zero-order valence-electron chi connectivity index (χ0n) is 12.9. The Kier molecular flexibility index (Phi) is 4.67. The first-order chi connectivity index (χ1) is 9.97. The Labute approximate surface area is 125 Å². The van der Waals surface area contributed by atoms with Crippen molar-refractivity contribution in [3.8, 4) is 5.75 Å². The Balaban J connectivity index is 2.21. The summed E-state index contributed by atoms with van der Waals surface area (Å²) in [6.07, 6.45) is 2.02. The van der Waals surface area contributed by atoms with Gasteiger partial charge in [-0.15, -0.1) is 0 Å². The quantitative estimate of drug-likeness (QED) is 0.667. The van der Waals surface area contributed by atoms with Crippen molar-refractivity contribution >= 4 is 11.4 Å². The molecular formula is C15H23N3O3. The number of hydrogen-bond acceptors (Lipinski definition) is 5. The minimum atomic E-state index is -0.367. The molecular weight excluding hydrogens is 270 g/mol. The van der Waals surface area contributed by atoms with Crippen molar-refractivity contribution in [2.75, 3.05) is 31.6 Å². The van der Waals surface area contributed by atoms with Crippen LogP contribution in [0.1, 0.15) is 26.7 Å². The number of anilines is 1. The standard InChI is InChI=1S/C15H23N3O3/c1-4-21-14-10-12(9-13(11-14)18(19)20)17-7-5-15(2,16-3)6-8-17/h9-11,16H,4-8H2,1-3H3. The molecule has 0 amide bonds. The molecule has 1 heterocycles. The summed E-state index contributed by atoms with van der Waals surface area (Å²) in [6, 6.07) is 5.00. The van der Waals surface area contributed by atoms with Crippen LogP contribution >= 0.6 is 0 Å². The lowest BCUT2D eigenvalue weighted by Crippen LogP contribution is -2.50. The van der Waals surface area contributed by atoms with E-state index in [1.807, 2.05) is 20.0 Å². The summed E-state index contributed by atoms with van der Waals surface area (Å²) in [6.45, 7) is 6.34. The predicted molar refractivity (Wildman–Crippen MR) is 83.2 cm³/mol. The van der Waals surface area contributed by atoms with Gasteiger partial charge in [-0.3, -0.25) is 10.1 Å². The van der Waals surface area contributed by atoms with E-state index >= 15 is 0 Å². The molecule has 21 heavy (non-hydrogen) atoms. The third kappa shape index (κ3) is 3.64. The van der Waals surface area contributed by atoms with Crippen LogP contribution < -0.4 is 15.0 Å². The molecule has 1 aliphatic rings. The lowest BCUT2D eigenvalue weighted by Gasteiger charge is -2.40. The first-order valence-corrected chi connectivity index (χ1v) is 7.33. The summed E-state index contributed by atoms with van der Waals surface area (Å²) in [5.74, 6) is 0.559. The molecule has 0 aromatic heterocycles. The van der Waals surface area contributed by atoms with E-state index in [4.69, 9.17) is 4.74 Å².